The number of nitrogens with zero attached hydrogens (tertiary/aromatic N) is 2. The van der Waals surface area contributed by atoms with E-state index in [4.69, 9.17) is 41.2 Å². The summed E-state index contributed by atoms with van der Waals surface area (Å²) in [6.45, 7) is 0. The van der Waals surface area contributed by atoms with Gasteiger partial charge in [-0.1, -0.05) is 35.4 Å². The first-order valence-electron chi connectivity index (χ1n) is 5.52. The van der Waals surface area contributed by atoms with Crippen LogP contribution in [0.3, 0.4) is 0 Å². The highest BCUT2D eigenvalue weighted by atomic mass is 35.5. The number of halogens is 2. The van der Waals surface area contributed by atoms with Crippen LogP contribution in [0.2, 0.25) is 10.0 Å². The maximum absolute atomic E-state index is 12.4. The number of benzene rings is 1. The Balaban J connectivity index is 2.44. The minimum absolute atomic E-state index is 0.0352. The van der Waals surface area contributed by atoms with Crippen LogP contribution in [0.4, 0.5) is 5.82 Å². The second-order valence-electron chi connectivity index (χ2n) is 4.08. The molecule has 0 aliphatic rings. The van der Waals surface area contributed by atoms with Crippen LogP contribution < -0.4 is 10.5 Å². The number of aromatic nitrogens is 2. The number of aryl methyl sites for hydroxylation is 1. The van der Waals surface area contributed by atoms with Crippen LogP contribution in [0.25, 0.3) is 0 Å². The molecule has 1 aromatic carbocycles. The van der Waals surface area contributed by atoms with Gasteiger partial charge in [0.1, 0.15) is 10.8 Å². The second kappa shape index (κ2) is 5.80. The van der Waals surface area contributed by atoms with Crippen molar-refractivity contribution in [2.75, 3.05) is 4.72 Å². The van der Waals surface area contributed by atoms with E-state index in [1.807, 2.05) is 0 Å². The van der Waals surface area contributed by atoms with Crippen molar-refractivity contribution >= 4 is 56.2 Å². The van der Waals surface area contributed by atoms with E-state index in [0.29, 0.717) is 5.56 Å². The molecule has 1 aromatic heterocycles. The van der Waals surface area contributed by atoms with Crippen LogP contribution in [0, 0.1) is 0 Å². The van der Waals surface area contributed by atoms with Gasteiger partial charge in [0.15, 0.2) is 0 Å². The monoisotopic (exact) mass is 364 g/mol. The van der Waals surface area contributed by atoms with E-state index in [1.54, 1.807) is 7.05 Å². The van der Waals surface area contributed by atoms with Gasteiger partial charge in [0.2, 0.25) is 0 Å². The molecule has 10 heteroatoms. The zero-order valence-electron chi connectivity index (χ0n) is 10.7. The molecular formula is C11H10Cl2N4O2S2. The maximum Gasteiger partial charge on any atom is 0.263 e. The summed E-state index contributed by atoms with van der Waals surface area (Å²) in [7, 11) is -2.31. The number of anilines is 1. The number of hydrogen-bond acceptors (Lipinski definition) is 4. The van der Waals surface area contributed by atoms with Gasteiger partial charge < -0.3 is 5.73 Å². The molecule has 0 unspecified atom stereocenters. The summed E-state index contributed by atoms with van der Waals surface area (Å²) in [5.41, 5.74) is 5.86. The Morgan fingerprint density at radius 2 is 2.05 bits per heavy atom. The van der Waals surface area contributed by atoms with Gasteiger partial charge in [-0.2, -0.15) is 5.10 Å². The number of thiocarbonyl (C=S) groups is 1. The number of rotatable bonds is 4. The van der Waals surface area contributed by atoms with Crippen LogP contribution in [0.5, 0.6) is 0 Å². The molecule has 0 saturated carbocycles. The van der Waals surface area contributed by atoms with Crippen LogP contribution in [0.15, 0.2) is 29.3 Å². The van der Waals surface area contributed by atoms with Crippen molar-refractivity contribution in [2.24, 2.45) is 12.8 Å². The number of sulfonamides is 1. The molecule has 0 aliphatic heterocycles. The average Bonchev–Trinajstić information content (AvgIpc) is 2.74. The van der Waals surface area contributed by atoms with Crippen molar-refractivity contribution in [3.8, 4) is 0 Å². The lowest BCUT2D eigenvalue weighted by atomic mass is 10.3. The van der Waals surface area contributed by atoms with Gasteiger partial charge in [0, 0.05) is 7.05 Å². The van der Waals surface area contributed by atoms with Crippen molar-refractivity contribution in [1.29, 1.82) is 0 Å². The Morgan fingerprint density at radius 3 is 2.62 bits per heavy atom. The predicted molar refractivity (Wildman–Crippen MR) is 86.4 cm³/mol. The van der Waals surface area contributed by atoms with Crippen molar-refractivity contribution in [3.63, 3.8) is 0 Å². The molecule has 1 heterocycles. The molecule has 0 aliphatic carbocycles. The van der Waals surface area contributed by atoms with E-state index in [0.717, 1.165) is 0 Å². The summed E-state index contributed by atoms with van der Waals surface area (Å²) < 4.78 is 28.4. The first-order chi connectivity index (χ1) is 9.72. The van der Waals surface area contributed by atoms with Gasteiger partial charge in [-0.25, -0.2) is 8.42 Å². The topological polar surface area (TPSA) is 90.0 Å². The Bertz CT molecular complexity index is 818. The van der Waals surface area contributed by atoms with Crippen LogP contribution in [-0.2, 0) is 17.1 Å². The molecule has 0 atom stereocenters. The quantitative estimate of drug-likeness (QED) is 0.811. The highest BCUT2D eigenvalue weighted by Crippen LogP contribution is 2.26. The van der Waals surface area contributed by atoms with E-state index in [9.17, 15) is 8.42 Å². The number of nitrogens with one attached hydrogen (secondary N) is 1. The number of hydrogen-bond donors (Lipinski definition) is 2. The summed E-state index contributed by atoms with van der Waals surface area (Å²) in [4.78, 5) is 0.00179. The fourth-order valence-electron chi connectivity index (χ4n) is 1.57. The van der Waals surface area contributed by atoms with E-state index < -0.39 is 10.0 Å². The number of nitrogens with two attached hydrogens (primary N) is 1. The van der Waals surface area contributed by atoms with Gasteiger partial charge in [0.25, 0.3) is 10.0 Å². The molecule has 112 valence electrons. The fourth-order valence-corrected chi connectivity index (χ4v) is 3.22. The molecule has 21 heavy (non-hydrogen) atoms. The van der Waals surface area contributed by atoms with Gasteiger partial charge >= 0.3 is 0 Å². The Labute approximate surface area is 136 Å². The third-order valence-electron chi connectivity index (χ3n) is 2.64. The third kappa shape index (κ3) is 3.29. The first-order valence-corrected chi connectivity index (χ1v) is 8.17. The second-order valence-corrected chi connectivity index (χ2v) is 7.01. The molecule has 0 fully saturated rings. The lowest BCUT2D eigenvalue weighted by Crippen LogP contribution is -2.19. The Hall–Kier alpha value is -1.35. The van der Waals surface area contributed by atoms with Crippen molar-refractivity contribution in [3.05, 3.63) is 40.0 Å². The summed E-state index contributed by atoms with van der Waals surface area (Å²) in [5.74, 6) is 0.175. The minimum Gasteiger partial charge on any atom is -0.389 e. The molecule has 2 rings (SSSR count). The Morgan fingerprint density at radius 1 is 1.38 bits per heavy atom. The van der Waals surface area contributed by atoms with Crippen molar-refractivity contribution < 1.29 is 8.42 Å². The SMILES string of the molecule is Cn1ncc(C(N)=S)c1NS(=O)(=O)c1ccc(Cl)c(Cl)c1. The zero-order chi connectivity index (χ0) is 15.8. The molecule has 0 bridgehead atoms. The average molecular weight is 365 g/mol. The van der Waals surface area contributed by atoms with Crippen LogP contribution >= 0.6 is 35.4 Å². The lowest BCUT2D eigenvalue weighted by Gasteiger charge is -2.10. The first kappa shape index (κ1) is 16.0. The van der Waals surface area contributed by atoms with Gasteiger partial charge in [0.05, 0.1) is 26.7 Å². The van der Waals surface area contributed by atoms with E-state index in [-0.39, 0.29) is 25.7 Å². The minimum atomic E-state index is -3.87. The summed E-state index contributed by atoms with van der Waals surface area (Å²) in [5, 5.41) is 4.32. The maximum atomic E-state index is 12.4. The van der Waals surface area contributed by atoms with Crippen molar-refractivity contribution in [1.82, 2.24) is 9.78 Å². The highest BCUT2D eigenvalue weighted by Gasteiger charge is 2.20. The van der Waals surface area contributed by atoms with Crippen molar-refractivity contribution in [2.45, 2.75) is 4.90 Å². The Kier molecular flexibility index (Phi) is 4.43. The summed E-state index contributed by atoms with van der Waals surface area (Å²) in [6.07, 6.45) is 1.38. The molecule has 0 spiro atoms. The normalized spacial score (nSPS) is 11.4. The summed E-state index contributed by atoms with van der Waals surface area (Å²) >= 11 is 16.5. The van der Waals surface area contributed by atoms with Crippen LogP contribution in [-0.4, -0.2) is 23.2 Å². The lowest BCUT2D eigenvalue weighted by molar-refractivity contribution is 0.600. The standard InChI is InChI=1S/C11H10Cl2N4O2S2/c1-17-11(7(5-15-17)10(14)20)16-21(18,19)6-2-3-8(12)9(13)4-6/h2-5,16H,1H3,(H2,14,20). The van der Waals surface area contributed by atoms with Gasteiger partial charge in [-0.3, -0.25) is 9.40 Å². The van der Waals surface area contributed by atoms with Gasteiger partial charge in [-0.15, -0.1) is 0 Å². The van der Waals surface area contributed by atoms with E-state index in [1.165, 1.54) is 29.1 Å². The molecule has 0 amide bonds. The largest absolute Gasteiger partial charge is 0.389 e. The molecule has 6 nitrogen and oxygen atoms in total. The fraction of sp³-hybridized carbons (Fsp3) is 0.0909. The van der Waals surface area contributed by atoms with E-state index in [2.05, 4.69) is 9.82 Å². The molecular weight excluding hydrogens is 355 g/mol. The van der Waals surface area contributed by atoms with E-state index >= 15 is 0 Å². The molecule has 3 N–H and O–H groups in total. The van der Waals surface area contributed by atoms with Gasteiger partial charge in [-0.05, 0) is 18.2 Å². The summed E-state index contributed by atoms with van der Waals surface area (Å²) in [6, 6.07) is 3.99. The molecule has 2 aromatic rings. The zero-order valence-corrected chi connectivity index (χ0v) is 13.8. The van der Waals surface area contributed by atoms with Crippen LogP contribution in [0.1, 0.15) is 5.56 Å². The smallest absolute Gasteiger partial charge is 0.263 e. The molecule has 0 saturated heterocycles. The molecule has 0 radical (unpaired) electrons. The highest BCUT2D eigenvalue weighted by molar-refractivity contribution is 7.92. The predicted octanol–water partition coefficient (Wildman–Crippen LogP) is 2.16. The third-order valence-corrected chi connectivity index (χ3v) is 4.93.